The largest absolute Gasteiger partial charge is 0.493 e. The van der Waals surface area contributed by atoms with Crippen LogP contribution in [-0.2, 0) is 17.6 Å². The van der Waals surface area contributed by atoms with E-state index in [2.05, 4.69) is 17.4 Å². The zero-order valence-electron chi connectivity index (χ0n) is 14.7. The summed E-state index contributed by atoms with van der Waals surface area (Å²) in [6.07, 6.45) is 2.71. The Morgan fingerprint density at radius 2 is 1.92 bits per heavy atom. The molecule has 6 heteroatoms. The van der Waals surface area contributed by atoms with Gasteiger partial charge < -0.3 is 20.5 Å². The highest BCUT2D eigenvalue weighted by molar-refractivity contribution is 5.95. The fourth-order valence-corrected chi connectivity index (χ4v) is 3.17. The molecule has 1 atom stereocenters. The first-order valence-electron chi connectivity index (χ1n) is 8.53. The highest BCUT2D eigenvalue weighted by Gasteiger charge is 2.21. The smallest absolute Gasteiger partial charge is 0.255 e. The summed E-state index contributed by atoms with van der Waals surface area (Å²) in [6.45, 7) is -0.247. The number of nitrogens with two attached hydrogens (primary N) is 1. The molecule has 0 aliphatic heterocycles. The van der Waals surface area contributed by atoms with Gasteiger partial charge in [0.15, 0.2) is 18.1 Å². The van der Waals surface area contributed by atoms with Gasteiger partial charge in [0.25, 0.3) is 11.8 Å². The van der Waals surface area contributed by atoms with Crippen molar-refractivity contribution < 1.29 is 19.1 Å². The predicted molar refractivity (Wildman–Crippen MR) is 97.4 cm³/mol. The molecule has 3 N–H and O–H groups in total. The van der Waals surface area contributed by atoms with Crippen molar-refractivity contribution in [2.75, 3.05) is 13.7 Å². The molecule has 1 aliphatic rings. The van der Waals surface area contributed by atoms with Crippen molar-refractivity contribution in [2.24, 2.45) is 5.73 Å². The summed E-state index contributed by atoms with van der Waals surface area (Å²) in [5.41, 5.74) is 8.20. The average molecular weight is 354 g/mol. The van der Waals surface area contributed by atoms with Crippen LogP contribution in [0.4, 0.5) is 0 Å². The number of aryl methyl sites for hydroxylation is 1. The van der Waals surface area contributed by atoms with Crippen LogP contribution < -0.4 is 20.5 Å². The van der Waals surface area contributed by atoms with Gasteiger partial charge in [-0.05, 0) is 48.6 Å². The number of primary amides is 1. The highest BCUT2D eigenvalue weighted by atomic mass is 16.5. The van der Waals surface area contributed by atoms with E-state index in [4.69, 9.17) is 15.2 Å². The minimum Gasteiger partial charge on any atom is -0.493 e. The molecule has 2 amide bonds. The molecule has 0 heterocycles. The van der Waals surface area contributed by atoms with Gasteiger partial charge in [-0.15, -0.1) is 0 Å². The Hall–Kier alpha value is -3.02. The molecule has 2 aromatic carbocycles. The third kappa shape index (κ3) is 4.14. The Bertz CT molecular complexity index is 819. The maximum Gasteiger partial charge on any atom is 0.255 e. The van der Waals surface area contributed by atoms with E-state index in [1.165, 1.54) is 18.2 Å². The lowest BCUT2D eigenvalue weighted by Crippen LogP contribution is -2.38. The Balaban J connectivity index is 1.67. The van der Waals surface area contributed by atoms with Gasteiger partial charge in [-0.25, -0.2) is 0 Å². The quantitative estimate of drug-likeness (QED) is 0.828. The molecule has 0 saturated heterocycles. The van der Waals surface area contributed by atoms with Crippen molar-refractivity contribution in [2.45, 2.75) is 25.3 Å². The molecule has 1 aliphatic carbocycles. The Labute approximate surface area is 152 Å². The molecule has 0 spiro atoms. The number of hydrogen-bond donors (Lipinski definition) is 2. The minimum atomic E-state index is -0.577. The topological polar surface area (TPSA) is 90.7 Å². The van der Waals surface area contributed by atoms with E-state index in [1.807, 2.05) is 12.1 Å². The second-order valence-electron chi connectivity index (χ2n) is 6.30. The molecular formula is C20H22N2O4. The van der Waals surface area contributed by atoms with Crippen LogP contribution in [0, 0.1) is 0 Å². The Morgan fingerprint density at radius 3 is 2.65 bits per heavy atom. The van der Waals surface area contributed by atoms with Crippen LogP contribution in [0.3, 0.4) is 0 Å². The van der Waals surface area contributed by atoms with E-state index < -0.39 is 5.91 Å². The second kappa shape index (κ2) is 7.91. The summed E-state index contributed by atoms with van der Waals surface area (Å²) in [6, 6.07) is 13.3. The molecule has 26 heavy (non-hydrogen) atoms. The summed E-state index contributed by atoms with van der Waals surface area (Å²) < 4.78 is 10.5. The van der Waals surface area contributed by atoms with E-state index >= 15 is 0 Å². The molecule has 0 aromatic heterocycles. The lowest BCUT2D eigenvalue weighted by molar-refractivity contribution is -0.119. The van der Waals surface area contributed by atoms with E-state index in [0.717, 1.165) is 19.3 Å². The normalized spacial score (nSPS) is 15.7. The molecule has 0 radical (unpaired) electrons. The van der Waals surface area contributed by atoms with Crippen molar-refractivity contribution in [3.8, 4) is 11.5 Å². The molecule has 0 fully saturated rings. The number of rotatable bonds is 6. The number of amides is 2. The van der Waals surface area contributed by atoms with E-state index in [-0.39, 0.29) is 18.6 Å². The molecule has 6 nitrogen and oxygen atoms in total. The van der Waals surface area contributed by atoms with Crippen LogP contribution in [-0.4, -0.2) is 31.6 Å². The first kappa shape index (κ1) is 17.8. The van der Waals surface area contributed by atoms with Gasteiger partial charge in [0.1, 0.15) is 0 Å². The highest BCUT2D eigenvalue weighted by Crippen LogP contribution is 2.28. The first-order valence-corrected chi connectivity index (χ1v) is 8.53. The van der Waals surface area contributed by atoms with Gasteiger partial charge in [-0.2, -0.15) is 0 Å². The Kier molecular flexibility index (Phi) is 5.41. The van der Waals surface area contributed by atoms with Crippen molar-refractivity contribution in [3.05, 3.63) is 59.2 Å². The van der Waals surface area contributed by atoms with Crippen LogP contribution in [0.15, 0.2) is 42.5 Å². The number of hydrogen-bond acceptors (Lipinski definition) is 4. The number of carbonyl (C=O) groups is 2. The van der Waals surface area contributed by atoms with Crippen molar-refractivity contribution in [1.29, 1.82) is 0 Å². The van der Waals surface area contributed by atoms with Crippen LogP contribution in [0.5, 0.6) is 11.5 Å². The van der Waals surface area contributed by atoms with Crippen molar-refractivity contribution in [3.63, 3.8) is 0 Å². The van der Waals surface area contributed by atoms with Crippen LogP contribution in [0.25, 0.3) is 0 Å². The number of benzene rings is 2. The maximum atomic E-state index is 12.6. The van der Waals surface area contributed by atoms with Gasteiger partial charge in [-0.1, -0.05) is 24.3 Å². The maximum absolute atomic E-state index is 12.6. The molecule has 0 bridgehead atoms. The third-order valence-corrected chi connectivity index (χ3v) is 4.48. The van der Waals surface area contributed by atoms with E-state index in [9.17, 15) is 9.59 Å². The SMILES string of the molecule is COc1cc(C(=O)NC2CCc3ccccc3C2)ccc1OCC(N)=O. The summed E-state index contributed by atoms with van der Waals surface area (Å²) in [7, 11) is 1.48. The monoisotopic (exact) mass is 354 g/mol. The van der Waals surface area contributed by atoms with Gasteiger partial charge in [0, 0.05) is 11.6 Å². The number of nitrogens with one attached hydrogen (secondary N) is 1. The van der Waals surface area contributed by atoms with E-state index in [0.29, 0.717) is 17.1 Å². The van der Waals surface area contributed by atoms with Crippen LogP contribution >= 0.6 is 0 Å². The summed E-state index contributed by atoms with van der Waals surface area (Å²) in [5.74, 6) is 0.0166. The Morgan fingerprint density at radius 1 is 1.15 bits per heavy atom. The number of methoxy groups -OCH3 is 1. The molecule has 3 rings (SSSR count). The molecule has 1 unspecified atom stereocenters. The fourth-order valence-electron chi connectivity index (χ4n) is 3.17. The number of ether oxygens (including phenoxy) is 2. The number of fused-ring (bicyclic) bond motifs is 1. The van der Waals surface area contributed by atoms with Crippen LogP contribution in [0.1, 0.15) is 27.9 Å². The summed E-state index contributed by atoms with van der Waals surface area (Å²) >= 11 is 0. The lowest BCUT2D eigenvalue weighted by atomic mass is 9.88. The lowest BCUT2D eigenvalue weighted by Gasteiger charge is -2.25. The van der Waals surface area contributed by atoms with Gasteiger partial charge in [0.05, 0.1) is 7.11 Å². The van der Waals surface area contributed by atoms with Gasteiger partial charge in [0.2, 0.25) is 0 Å². The van der Waals surface area contributed by atoms with Gasteiger partial charge >= 0.3 is 0 Å². The van der Waals surface area contributed by atoms with E-state index in [1.54, 1.807) is 18.2 Å². The standard InChI is InChI=1S/C20H22N2O4/c1-25-18-11-15(7-9-17(18)26-12-19(21)23)20(24)22-16-8-6-13-4-2-3-5-14(13)10-16/h2-5,7,9,11,16H,6,8,10,12H2,1H3,(H2,21,23)(H,22,24). The molecular weight excluding hydrogens is 332 g/mol. The van der Waals surface area contributed by atoms with Crippen molar-refractivity contribution in [1.82, 2.24) is 5.32 Å². The first-order chi connectivity index (χ1) is 12.6. The van der Waals surface area contributed by atoms with Crippen LogP contribution in [0.2, 0.25) is 0 Å². The second-order valence-corrected chi connectivity index (χ2v) is 6.30. The average Bonchev–Trinajstić information content (AvgIpc) is 2.66. The summed E-state index contributed by atoms with van der Waals surface area (Å²) in [5, 5.41) is 3.09. The minimum absolute atomic E-state index is 0.106. The predicted octanol–water partition coefficient (Wildman–Crippen LogP) is 1.85. The zero-order chi connectivity index (χ0) is 18.5. The fraction of sp³-hybridized carbons (Fsp3) is 0.300. The third-order valence-electron chi connectivity index (χ3n) is 4.48. The molecule has 136 valence electrons. The number of carbonyl (C=O) groups excluding carboxylic acids is 2. The van der Waals surface area contributed by atoms with Gasteiger partial charge in [-0.3, -0.25) is 9.59 Å². The summed E-state index contributed by atoms with van der Waals surface area (Å²) in [4.78, 5) is 23.4. The molecule has 0 saturated carbocycles. The molecule has 2 aromatic rings. The zero-order valence-corrected chi connectivity index (χ0v) is 14.7. The van der Waals surface area contributed by atoms with Crippen molar-refractivity contribution >= 4 is 11.8 Å².